The van der Waals surface area contributed by atoms with E-state index in [0.29, 0.717) is 5.11 Å². The van der Waals surface area contributed by atoms with E-state index < -0.39 is 0 Å². The first-order chi connectivity index (χ1) is 7.33. The van der Waals surface area contributed by atoms with Crippen molar-refractivity contribution in [1.82, 2.24) is 15.6 Å². The summed E-state index contributed by atoms with van der Waals surface area (Å²) in [7, 11) is 1.82. The zero-order valence-corrected chi connectivity index (χ0v) is 10.3. The minimum Gasteiger partial charge on any atom is -0.366 e. The molecule has 0 aromatic carbocycles. The molecule has 82 valence electrons. The first-order valence-corrected chi connectivity index (χ1v) is 6.31. The lowest BCUT2D eigenvalue weighted by atomic mass is 10.3. The molecule has 1 heterocycles. The van der Waals surface area contributed by atoms with Crippen LogP contribution in [0.5, 0.6) is 0 Å². The van der Waals surface area contributed by atoms with Crippen molar-refractivity contribution < 1.29 is 0 Å². The molecule has 15 heavy (non-hydrogen) atoms. The minimum absolute atomic E-state index is 0.706. The average molecular weight is 241 g/mol. The molecule has 1 aromatic heterocycles. The van der Waals surface area contributed by atoms with Crippen LogP contribution in [-0.2, 0) is 5.75 Å². The zero-order chi connectivity index (χ0) is 10.9. The van der Waals surface area contributed by atoms with Gasteiger partial charge in [0.1, 0.15) is 0 Å². The maximum Gasteiger partial charge on any atom is 0.166 e. The summed E-state index contributed by atoms with van der Waals surface area (Å²) in [6.45, 7) is 0.893. The van der Waals surface area contributed by atoms with Crippen LogP contribution in [0.25, 0.3) is 0 Å². The summed E-state index contributed by atoms with van der Waals surface area (Å²) in [6, 6.07) is 4.05. The number of thioether (sulfide) groups is 1. The van der Waals surface area contributed by atoms with Gasteiger partial charge in [-0.1, -0.05) is 6.07 Å². The van der Waals surface area contributed by atoms with Gasteiger partial charge in [0.15, 0.2) is 5.11 Å². The molecule has 0 aliphatic rings. The number of nitrogens with zero attached hydrogens (tertiary/aromatic N) is 1. The molecule has 0 unspecified atom stereocenters. The van der Waals surface area contributed by atoms with Crippen molar-refractivity contribution in [2.75, 3.05) is 19.3 Å². The van der Waals surface area contributed by atoms with Crippen molar-refractivity contribution in [3.05, 3.63) is 30.1 Å². The number of aromatic nitrogens is 1. The predicted octanol–water partition coefficient (Wildman–Crippen LogP) is 1.41. The highest BCUT2D eigenvalue weighted by molar-refractivity contribution is 7.98. The van der Waals surface area contributed by atoms with E-state index in [1.807, 2.05) is 31.1 Å². The standard InChI is InChI=1S/C10H15N3S2/c1-11-10(14)13-5-6-15-8-9-3-2-4-12-7-9/h2-4,7H,5-6,8H2,1H3,(H2,11,13,14). The molecule has 0 aliphatic heterocycles. The van der Waals surface area contributed by atoms with Crippen LogP contribution in [0.3, 0.4) is 0 Å². The number of pyridine rings is 1. The number of hydrogen-bond donors (Lipinski definition) is 2. The predicted molar refractivity (Wildman–Crippen MR) is 70.1 cm³/mol. The fraction of sp³-hybridized carbons (Fsp3) is 0.400. The average Bonchev–Trinajstić information content (AvgIpc) is 2.29. The van der Waals surface area contributed by atoms with E-state index in [-0.39, 0.29) is 0 Å². The maximum atomic E-state index is 4.96. The van der Waals surface area contributed by atoms with Gasteiger partial charge in [0.2, 0.25) is 0 Å². The van der Waals surface area contributed by atoms with Gasteiger partial charge in [0, 0.05) is 37.5 Å². The molecule has 0 bridgehead atoms. The Hall–Kier alpha value is -0.810. The molecule has 2 N–H and O–H groups in total. The van der Waals surface area contributed by atoms with Gasteiger partial charge >= 0.3 is 0 Å². The molecule has 0 aliphatic carbocycles. The van der Waals surface area contributed by atoms with E-state index in [2.05, 4.69) is 21.7 Å². The van der Waals surface area contributed by atoms with Crippen molar-refractivity contribution >= 4 is 29.1 Å². The van der Waals surface area contributed by atoms with Gasteiger partial charge in [-0.2, -0.15) is 11.8 Å². The van der Waals surface area contributed by atoms with Crippen LogP contribution >= 0.6 is 24.0 Å². The monoisotopic (exact) mass is 241 g/mol. The van der Waals surface area contributed by atoms with Crippen molar-refractivity contribution in [2.45, 2.75) is 5.75 Å². The van der Waals surface area contributed by atoms with Crippen LogP contribution in [-0.4, -0.2) is 29.4 Å². The van der Waals surface area contributed by atoms with E-state index in [1.165, 1.54) is 5.56 Å². The molecule has 5 heteroatoms. The number of nitrogens with one attached hydrogen (secondary N) is 2. The van der Waals surface area contributed by atoms with Crippen LogP contribution in [0.15, 0.2) is 24.5 Å². The van der Waals surface area contributed by atoms with E-state index in [1.54, 1.807) is 6.20 Å². The molecular formula is C10H15N3S2. The Balaban J connectivity index is 2.05. The Kier molecular flexibility index (Phi) is 6.11. The lowest BCUT2D eigenvalue weighted by Gasteiger charge is -2.06. The molecule has 0 atom stereocenters. The Morgan fingerprint density at radius 2 is 2.47 bits per heavy atom. The second-order valence-electron chi connectivity index (χ2n) is 2.92. The SMILES string of the molecule is CNC(=S)NCCSCc1cccnc1. The minimum atomic E-state index is 0.706. The summed E-state index contributed by atoms with van der Waals surface area (Å²) in [4.78, 5) is 4.07. The highest BCUT2D eigenvalue weighted by Gasteiger charge is 1.94. The third-order valence-electron chi connectivity index (χ3n) is 1.75. The molecule has 0 saturated heterocycles. The van der Waals surface area contributed by atoms with Crippen molar-refractivity contribution in [3.8, 4) is 0 Å². The van der Waals surface area contributed by atoms with E-state index in [9.17, 15) is 0 Å². The van der Waals surface area contributed by atoms with Crippen LogP contribution in [0.2, 0.25) is 0 Å². The molecule has 0 spiro atoms. The Morgan fingerprint density at radius 3 is 3.13 bits per heavy atom. The van der Waals surface area contributed by atoms with E-state index >= 15 is 0 Å². The van der Waals surface area contributed by atoms with Gasteiger partial charge in [0.05, 0.1) is 0 Å². The molecule has 1 aromatic rings. The van der Waals surface area contributed by atoms with Crippen LogP contribution in [0.1, 0.15) is 5.56 Å². The van der Waals surface area contributed by atoms with Crippen molar-refractivity contribution in [2.24, 2.45) is 0 Å². The van der Waals surface area contributed by atoms with Crippen molar-refractivity contribution in [1.29, 1.82) is 0 Å². The first-order valence-electron chi connectivity index (χ1n) is 4.75. The van der Waals surface area contributed by atoms with Gasteiger partial charge in [-0.25, -0.2) is 0 Å². The third kappa shape index (κ3) is 5.59. The van der Waals surface area contributed by atoms with Gasteiger partial charge in [-0.15, -0.1) is 0 Å². The molecular weight excluding hydrogens is 226 g/mol. The quantitative estimate of drug-likeness (QED) is 0.602. The third-order valence-corrected chi connectivity index (χ3v) is 3.13. The molecule has 0 amide bonds. The van der Waals surface area contributed by atoms with Crippen molar-refractivity contribution in [3.63, 3.8) is 0 Å². The summed E-state index contributed by atoms with van der Waals surface area (Å²) in [5.74, 6) is 2.04. The summed E-state index contributed by atoms with van der Waals surface area (Å²) in [5, 5.41) is 6.68. The zero-order valence-electron chi connectivity index (χ0n) is 8.69. The van der Waals surface area contributed by atoms with Gasteiger partial charge in [-0.3, -0.25) is 4.98 Å². The largest absolute Gasteiger partial charge is 0.366 e. The Bertz CT molecular complexity index is 290. The molecule has 0 fully saturated rings. The highest BCUT2D eigenvalue weighted by Crippen LogP contribution is 2.09. The Morgan fingerprint density at radius 1 is 1.60 bits per heavy atom. The fourth-order valence-electron chi connectivity index (χ4n) is 0.999. The second kappa shape index (κ2) is 7.48. The number of thiocarbonyl (C=S) groups is 1. The summed E-state index contributed by atoms with van der Waals surface area (Å²) in [5.41, 5.74) is 1.26. The number of rotatable bonds is 5. The van der Waals surface area contributed by atoms with Crippen LogP contribution < -0.4 is 10.6 Å². The lowest BCUT2D eigenvalue weighted by molar-refractivity contribution is 0.943. The lowest BCUT2D eigenvalue weighted by Crippen LogP contribution is -2.33. The second-order valence-corrected chi connectivity index (χ2v) is 4.43. The van der Waals surface area contributed by atoms with Crippen LogP contribution in [0, 0.1) is 0 Å². The van der Waals surface area contributed by atoms with Gasteiger partial charge in [-0.05, 0) is 23.8 Å². The van der Waals surface area contributed by atoms with Gasteiger partial charge in [0.25, 0.3) is 0 Å². The normalized spacial score (nSPS) is 9.67. The van der Waals surface area contributed by atoms with Gasteiger partial charge < -0.3 is 10.6 Å². The summed E-state index contributed by atoms with van der Waals surface area (Å²) in [6.07, 6.45) is 3.69. The maximum absolute atomic E-state index is 4.96. The number of hydrogen-bond acceptors (Lipinski definition) is 3. The smallest absolute Gasteiger partial charge is 0.166 e. The molecule has 3 nitrogen and oxygen atoms in total. The Labute approximate surface area is 100 Å². The summed E-state index contributed by atoms with van der Waals surface area (Å²) >= 11 is 6.83. The highest BCUT2D eigenvalue weighted by atomic mass is 32.2. The first kappa shape index (κ1) is 12.3. The molecule has 0 radical (unpaired) electrons. The van der Waals surface area contributed by atoms with E-state index in [4.69, 9.17) is 12.2 Å². The summed E-state index contributed by atoms with van der Waals surface area (Å²) < 4.78 is 0. The van der Waals surface area contributed by atoms with E-state index in [0.717, 1.165) is 18.1 Å². The molecule has 1 rings (SSSR count). The fourth-order valence-corrected chi connectivity index (χ4v) is 1.90. The topological polar surface area (TPSA) is 37.0 Å². The molecule has 0 saturated carbocycles. The van der Waals surface area contributed by atoms with Crippen LogP contribution in [0.4, 0.5) is 0 Å².